The molecular formula is C30H43N24O11+. The Bertz CT molecular complexity index is 2360. The van der Waals surface area contributed by atoms with Crippen molar-refractivity contribution < 1.29 is 53.4 Å². The number of anilines is 1. The van der Waals surface area contributed by atoms with Crippen molar-refractivity contribution in [2.24, 2.45) is 34.4 Å². The molecular weight excluding hydrogens is 872 g/mol. The summed E-state index contributed by atoms with van der Waals surface area (Å²) >= 11 is 0. The Hall–Kier alpha value is -9.67. The molecule has 0 fully saturated rings. The van der Waals surface area contributed by atoms with E-state index in [-0.39, 0.29) is 22.3 Å². The van der Waals surface area contributed by atoms with E-state index >= 15 is 0 Å². The molecule has 7 unspecified atom stereocenters. The van der Waals surface area contributed by atoms with Crippen molar-refractivity contribution in [3.63, 3.8) is 0 Å². The zero-order chi connectivity index (χ0) is 48.7. The van der Waals surface area contributed by atoms with E-state index in [9.17, 15) is 48.8 Å². The highest BCUT2D eigenvalue weighted by molar-refractivity contribution is 6.01. The number of aliphatic hydroxyl groups excluding tert-OH is 1. The second-order valence-electron chi connectivity index (χ2n) is 12.7. The number of rotatable bonds is 21. The second-order valence-corrected chi connectivity index (χ2v) is 12.7. The fraction of sp³-hybridized carbons (Fsp3) is 0.233. The molecule has 1 aromatic heterocycles. The van der Waals surface area contributed by atoms with Crippen molar-refractivity contribution >= 4 is 87.6 Å². The number of fused-ring (bicyclic) bond motifs is 1. The van der Waals surface area contributed by atoms with Crippen molar-refractivity contribution in [2.75, 3.05) is 5.32 Å². The number of aliphatic hydroxyl groups is 1. The predicted octanol–water partition coefficient (Wildman–Crippen LogP) is -9.80. The maximum atomic E-state index is 13.8. The fourth-order valence-corrected chi connectivity index (χ4v) is 5.00. The van der Waals surface area contributed by atoms with Crippen LogP contribution in [-0.4, -0.2) is 128 Å². The van der Waals surface area contributed by atoms with E-state index < -0.39 is 119 Å². The first-order valence-electron chi connectivity index (χ1n) is 17.7. The van der Waals surface area contributed by atoms with E-state index in [4.69, 9.17) is 56.0 Å². The lowest BCUT2D eigenvalue weighted by molar-refractivity contribution is -0.728. The van der Waals surface area contributed by atoms with Crippen molar-refractivity contribution in [1.29, 1.82) is 21.6 Å². The van der Waals surface area contributed by atoms with Crippen LogP contribution in [0.25, 0.3) is 11.0 Å². The highest BCUT2D eigenvalue weighted by Crippen LogP contribution is 2.28. The van der Waals surface area contributed by atoms with Gasteiger partial charge in [-0.05, 0) is 21.9 Å². The van der Waals surface area contributed by atoms with Gasteiger partial charge in [0.2, 0.25) is 17.7 Å². The fourth-order valence-electron chi connectivity index (χ4n) is 5.00. The van der Waals surface area contributed by atoms with E-state index in [2.05, 4.69) is 36.2 Å². The van der Waals surface area contributed by atoms with Gasteiger partial charge in [0, 0.05) is 6.07 Å². The molecule has 65 heavy (non-hydrogen) atoms. The van der Waals surface area contributed by atoms with Gasteiger partial charge in [0.05, 0.1) is 10.6 Å². The van der Waals surface area contributed by atoms with Crippen LogP contribution in [0.4, 0.5) is 11.4 Å². The number of carbonyl (C=O) groups excluding carboxylic acids is 7. The number of carbonyl (C=O) groups is 7. The number of guanidine groups is 4. The highest BCUT2D eigenvalue weighted by atomic mass is 16.6. The molecule has 0 spiro atoms. The molecule has 7 atom stereocenters. The minimum Gasteiger partial charge on any atom is -0.370 e. The third-order valence-corrected chi connectivity index (χ3v) is 7.82. The average molecular weight is 916 g/mol. The molecule has 35 nitrogen and oxygen atoms in total. The van der Waals surface area contributed by atoms with Crippen molar-refractivity contribution in [3.8, 4) is 0 Å². The van der Waals surface area contributed by atoms with Crippen LogP contribution < -0.4 is 92.9 Å². The second kappa shape index (κ2) is 22.3. The van der Waals surface area contributed by atoms with E-state index in [1.54, 1.807) is 6.07 Å². The van der Waals surface area contributed by atoms with Crippen LogP contribution in [-0.2, 0) is 33.6 Å². The number of hydrogen-bond acceptors (Lipinski definition) is 18. The standard InChI is InChI=1S/C30H42N24O11/c31-14(15(32)55)43-21(57)16(48-27(33)34)45-23(59)18(50-29(37)38)47-24(60)19(51-30(39)40)46-22(58)17(49-28(35)36)44-20(56)11(8-4-2-1-3-5-8)42-26(62)25(61)41-9-6-7-10(54(63)64)13-12(9)52-65-53-13/h1-7,11,14,16-19,25,61H,31H2,(H25-,32,33,34,35,36,37,38,39,40,41,42,43,44,45,46,47,48,49,50,51,53,55,56,57,58,59,60,62,63,64)/p+1. The molecule has 7 amide bonds. The molecule has 0 saturated heterocycles. The van der Waals surface area contributed by atoms with Crippen LogP contribution in [0.3, 0.4) is 0 Å². The number of nitrogens with zero attached hydrogens (tertiary/aromatic N) is 3. The number of aromatic nitrogens is 2. The van der Waals surface area contributed by atoms with Gasteiger partial charge in [-0.1, -0.05) is 30.3 Å². The number of primary amides is 1. The first-order chi connectivity index (χ1) is 30.5. The Kier molecular flexibility index (Phi) is 17.0. The minimum atomic E-state index is -2.17. The molecule has 1 heterocycles. The number of nitrogens with one attached hydrogen (secondary N) is 15. The summed E-state index contributed by atoms with van der Waals surface area (Å²) in [7, 11) is 0. The van der Waals surface area contributed by atoms with Gasteiger partial charge in [-0.2, -0.15) is 0 Å². The Morgan fingerprint density at radius 3 is 1.40 bits per heavy atom. The SMILES string of the molecule is N=C(N)NC(NC(=O)C(NC(=N)N)NC(=O)C(NC(=N)N)NC(=O)C(NC(=N)N)NC(=O)C(NC(=O)C(O)Nc1ccc([N+](=O)O)c2nonc12)c1ccccc1)C(=O)NC(N)C(N)=O. The average Bonchev–Trinajstić information content (AvgIpc) is 3.71. The summed E-state index contributed by atoms with van der Waals surface area (Å²) in [6.45, 7) is 0. The molecule has 2 aromatic carbocycles. The summed E-state index contributed by atoms with van der Waals surface area (Å²) < 4.78 is 4.59. The summed E-state index contributed by atoms with van der Waals surface area (Å²) in [6.07, 6.45) is -12.3. The van der Waals surface area contributed by atoms with Crippen LogP contribution >= 0.6 is 0 Å². The summed E-state index contributed by atoms with van der Waals surface area (Å²) in [6, 6.07) is 7.65. The maximum Gasteiger partial charge on any atom is 0.347 e. The highest BCUT2D eigenvalue weighted by Gasteiger charge is 2.35. The quantitative estimate of drug-likeness (QED) is 0.0204. The van der Waals surface area contributed by atoms with Crippen molar-refractivity contribution in [1.82, 2.24) is 63.5 Å². The van der Waals surface area contributed by atoms with Gasteiger partial charge in [-0.15, -0.1) is 0 Å². The van der Waals surface area contributed by atoms with Crippen LogP contribution in [0, 0.1) is 26.5 Å². The molecule has 0 aliphatic carbocycles. The summed E-state index contributed by atoms with van der Waals surface area (Å²) in [5, 5.41) is 80.5. The van der Waals surface area contributed by atoms with Gasteiger partial charge in [0.1, 0.15) is 6.04 Å². The van der Waals surface area contributed by atoms with E-state index in [1.165, 1.54) is 24.3 Å². The van der Waals surface area contributed by atoms with Gasteiger partial charge in [-0.25, -0.2) is 9.84 Å². The van der Waals surface area contributed by atoms with Crippen molar-refractivity contribution in [3.05, 3.63) is 52.9 Å². The summed E-state index contributed by atoms with van der Waals surface area (Å²) in [4.78, 5) is 103. The van der Waals surface area contributed by atoms with Crippen LogP contribution in [0.2, 0.25) is 0 Å². The molecule has 348 valence electrons. The van der Waals surface area contributed by atoms with Gasteiger partial charge < -0.3 is 98.0 Å². The molecule has 3 rings (SSSR count). The lowest BCUT2D eigenvalue weighted by Gasteiger charge is -2.28. The summed E-state index contributed by atoms with van der Waals surface area (Å²) in [5.41, 5.74) is 31.0. The number of amides is 7. The molecule has 0 aliphatic heterocycles. The van der Waals surface area contributed by atoms with Gasteiger partial charge in [0.25, 0.3) is 40.4 Å². The molecule has 35 heteroatoms. The minimum absolute atomic E-state index is 0.0604. The number of nitrogens with two attached hydrogens (primary N) is 6. The van der Waals surface area contributed by atoms with Crippen LogP contribution in [0.5, 0.6) is 0 Å². The molecule has 0 radical (unpaired) electrons. The lowest BCUT2D eigenvalue weighted by Crippen LogP contribution is -2.69. The zero-order valence-corrected chi connectivity index (χ0v) is 33.0. The third kappa shape index (κ3) is 14.5. The topological polar surface area (TPSA) is 603 Å². The maximum absolute atomic E-state index is 13.8. The lowest BCUT2D eigenvalue weighted by atomic mass is 10.1. The monoisotopic (exact) mass is 915 g/mol. The van der Waals surface area contributed by atoms with Gasteiger partial charge in [-0.3, -0.25) is 55.2 Å². The predicted molar refractivity (Wildman–Crippen MR) is 217 cm³/mol. The smallest absolute Gasteiger partial charge is 0.347 e. The Morgan fingerprint density at radius 1 is 0.569 bits per heavy atom. The van der Waals surface area contributed by atoms with Gasteiger partial charge in [0.15, 0.2) is 60.2 Å². The van der Waals surface area contributed by atoms with Crippen molar-refractivity contribution in [2.45, 2.75) is 43.1 Å². The number of benzene rings is 2. The Balaban J connectivity index is 1.85. The normalized spacial score (nSPS) is 13.8. The number of hydrogen-bond donors (Lipinski definition) is 23. The Morgan fingerprint density at radius 2 is 0.985 bits per heavy atom. The van der Waals surface area contributed by atoms with E-state index in [1.807, 2.05) is 37.2 Å². The molecule has 0 saturated carbocycles. The van der Waals surface area contributed by atoms with Crippen LogP contribution in [0.1, 0.15) is 11.6 Å². The first-order valence-corrected chi connectivity index (χ1v) is 17.7. The zero-order valence-electron chi connectivity index (χ0n) is 33.0. The first kappa shape index (κ1) is 49.7. The van der Waals surface area contributed by atoms with E-state index in [0.717, 1.165) is 12.1 Å². The molecule has 29 N–H and O–H groups in total. The molecule has 0 aliphatic rings. The third-order valence-electron chi connectivity index (χ3n) is 7.82. The largest absolute Gasteiger partial charge is 0.370 e. The summed E-state index contributed by atoms with van der Waals surface area (Å²) in [5.74, 6) is -13.0. The molecule has 3 aromatic rings. The Labute approximate surface area is 361 Å². The van der Waals surface area contributed by atoms with Crippen LogP contribution in [0.15, 0.2) is 47.1 Å². The van der Waals surface area contributed by atoms with Gasteiger partial charge >= 0.3 is 5.69 Å². The van der Waals surface area contributed by atoms with E-state index in [0.29, 0.717) is 0 Å². The molecule has 0 bridgehead atoms.